The number of benzene rings is 2. The maximum Gasteiger partial charge on any atom is 0.166 e. The minimum absolute atomic E-state index is 0. The van der Waals surface area contributed by atoms with Crippen LogP contribution in [0.1, 0.15) is 107 Å². The van der Waals surface area contributed by atoms with Crippen molar-refractivity contribution in [3.8, 4) is 11.5 Å². The third-order valence-corrected chi connectivity index (χ3v) is 11.4. The van der Waals surface area contributed by atoms with Gasteiger partial charge in [-0.05, 0) is 100 Å². The molecule has 2 aliphatic carbocycles. The van der Waals surface area contributed by atoms with E-state index in [1.54, 1.807) is 7.11 Å². The van der Waals surface area contributed by atoms with E-state index in [0.717, 1.165) is 55.8 Å². The van der Waals surface area contributed by atoms with E-state index in [2.05, 4.69) is 68.4 Å². The number of piperidine rings is 1. The molecule has 3 heterocycles. The third kappa shape index (κ3) is 7.40. The molecule has 7 rings (SSSR count). The lowest BCUT2D eigenvalue weighted by molar-refractivity contribution is -0.00815. The van der Waals surface area contributed by atoms with Gasteiger partial charge in [-0.25, -0.2) is 0 Å². The minimum atomic E-state index is 0. The molecule has 7 nitrogen and oxygen atoms in total. The highest BCUT2D eigenvalue weighted by atomic mass is 16.5. The van der Waals surface area contributed by atoms with Crippen molar-refractivity contribution in [1.29, 1.82) is 0 Å². The van der Waals surface area contributed by atoms with Crippen LogP contribution >= 0.6 is 0 Å². The number of nitrogens with zero attached hydrogens (tertiary/aromatic N) is 1. The van der Waals surface area contributed by atoms with Crippen LogP contribution < -0.4 is 14.8 Å². The Labute approximate surface area is 290 Å². The average Bonchev–Trinajstić information content (AvgIpc) is 3.73. The van der Waals surface area contributed by atoms with E-state index in [-0.39, 0.29) is 32.2 Å². The van der Waals surface area contributed by atoms with Gasteiger partial charge in [-0.2, -0.15) is 0 Å². The molecule has 1 spiro atoms. The van der Waals surface area contributed by atoms with Crippen molar-refractivity contribution in [1.82, 2.24) is 10.2 Å². The first kappa shape index (κ1) is 38.1. The molecule has 2 fully saturated rings. The van der Waals surface area contributed by atoms with Crippen molar-refractivity contribution < 1.29 is 23.7 Å². The molecular formula is C41H62N2O5. The van der Waals surface area contributed by atoms with Crippen LogP contribution in [0.25, 0.3) is 0 Å². The highest BCUT2D eigenvalue weighted by Crippen LogP contribution is 2.63. The zero-order valence-corrected chi connectivity index (χ0v) is 28.6. The summed E-state index contributed by atoms with van der Waals surface area (Å²) in [7, 11) is 4.05. The largest absolute Gasteiger partial charge is 0.493 e. The van der Waals surface area contributed by atoms with Gasteiger partial charge in [0.05, 0.1) is 26.4 Å². The normalized spacial score (nSPS) is 26.8. The molecule has 5 aliphatic rings. The summed E-state index contributed by atoms with van der Waals surface area (Å²) in [5, 5.41) is 3.27. The molecule has 48 heavy (non-hydrogen) atoms. The molecule has 2 bridgehead atoms. The number of ketones is 1. The number of rotatable bonds is 12. The van der Waals surface area contributed by atoms with E-state index < -0.39 is 0 Å². The number of Topliss-reactive ketones (excluding diaryl/α,β-unsaturated/α-hetero) is 1. The summed E-state index contributed by atoms with van der Waals surface area (Å²) in [5.41, 5.74) is 6.67. The smallest absolute Gasteiger partial charge is 0.166 e. The number of hydrogen-bond acceptors (Lipinski definition) is 7. The quantitative estimate of drug-likeness (QED) is 0.142. The number of carbonyl (C=O) groups is 1. The number of ether oxygens (including phenoxy) is 4. The fraction of sp³-hybridized carbons (Fsp3) is 0.634. The second-order valence-corrected chi connectivity index (χ2v) is 14.0. The molecule has 3 aliphatic heterocycles. The topological polar surface area (TPSA) is 69.3 Å². The van der Waals surface area contributed by atoms with Crippen LogP contribution in [0, 0.1) is 5.92 Å². The van der Waals surface area contributed by atoms with Gasteiger partial charge < -0.3 is 29.2 Å². The molecule has 0 aromatic heterocycles. The monoisotopic (exact) mass is 662 g/mol. The number of likely N-dealkylation sites (N-methyl/N-ethyl adjacent to an activating group) is 1. The Morgan fingerprint density at radius 2 is 1.92 bits per heavy atom. The summed E-state index contributed by atoms with van der Waals surface area (Å²) in [6, 6.07) is 13.1. The zero-order chi connectivity index (χ0) is 32.3. The molecule has 6 atom stereocenters. The van der Waals surface area contributed by atoms with E-state index in [1.165, 1.54) is 41.6 Å². The lowest BCUT2D eigenvalue weighted by atomic mass is 9.52. The molecule has 1 N–H and O–H groups in total. The number of likely N-dealkylation sites (tertiary alicyclic amines) is 1. The third-order valence-electron chi connectivity index (χ3n) is 11.4. The summed E-state index contributed by atoms with van der Waals surface area (Å²) in [5.74, 6) is 3.37. The van der Waals surface area contributed by atoms with Gasteiger partial charge in [0.1, 0.15) is 6.10 Å². The van der Waals surface area contributed by atoms with E-state index in [9.17, 15) is 4.79 Å². The van der Waals surface area contributed by atoms with E-state index in [0.29, 0.717) is 50.2 Å². The molecule has 2 aromatic carbocycles. The number of hydrogen-bond donors (Lipinski definition) is 1. The Morgan fingerprint density at radius 3 is 2.62 bits per heavy atom. The Morgan fingerprint density at radius 1 is 1.12 bits per heavy atom. The lowest BCUT2D eigenvalue weighted by Gasteiger charge is -2.57. The van der Waals surface area contributed by atoms with E-state index >= 15 is 0 Å². The number of carbonyl (C=O) groups excluding carboxylic acids is 1. The first-order chi connectivity index (χ1) is 22.4. The highest BCUT2D eigenvalue weighted by molar-refractivity contribution is 5.96. The molecule has 3 unspecified atom stereocenters. The summed E-state index contributed by atoms with van der Waals surface area (Å²) in [6.07, 6.45) is 10.0. The molecule has 2 saturated heterocycles. The van der Waals surface area contributed by atoms with Gasteiger partial charge >= 0.3 is 0 Å². The van der Waals surface area contributed by atoms with Crippen molar-refractivity contribution in [2.75, 3.05) is 53.6 Å². The molecule has 2 aromatic rings. The van der Waals surface area contributed by atoms with Crippen LogP contribution in [0.2, 0.25) is 0 Å². The molecule has 266 valence electrons. The zero-order valence-electron chi connectivity index (χ0n) is 28.6. The van der Waals surface area contributed by atoms with Crippen molar-refractivity contribution >= 4 is 5.78 Å². The van der Waals surface area contributed by atoms with Crippen LogP contribution in [0.15, 0.2) is 48.0 Å². The molecule has 0 saturated carbocycles. The van der Waals surface area contributed by atoms with Crippen LogP contribution in [-0.2, 0) is 21.3 Å². The minimum Gasteiger partial charge on any atom is -0.493 e. The SMILES string of the molecule is C.C.CCC(C)c1ccc(C(=O)CCCOCCOC2CCNC2)cc1.COc1ccc2c3c1O[C@H]1C(C)=CCC4[C@@H](C2)N(C)CC[C@@]341. The summed E-state index contributed by atoms with van der Waals surface area (Å²) >= 11 is 0. The number of nitrogens with one attached hydrogen (secondary N) is 1. The maximum absolute atomic E-state index is 12.2. The predicted molar refractivity (Wildman–Crippen MR) is 196 cm³/mol. The Balaban J connectivity index is 0.000000208. The van der Waals surface area contributed by atoms with Crippen molar-refractivity contribution in [3.05, 3.63) is 70.3 Å². The van der Waals surface area contributed by atoms with Crippen molar-refractivity contribution in [2.45, 2.75) is 110 Å². The second kappa shape index (κ2) is 16.8. The van der Waals surface area contributed by atoms with Gasteiger partial charge in [0.2, 0.25) is 0 Å². The fourth-order valence-electron chi connectivity index (χ4n) is 8.58. The summed E-state index contributed by atoms with van der Waals surface area (Å²) < 4.78 is 23.4. The maximum atomic E-state index is 12.2. The first-order valence-corrected chi connectivity index (χ1v) is 17.6. The van der Waals surface area contributed by atoms with Crippen LogP contribution in [0.3, 0.4) is 0 Å². The van der Waals surface area contributed by atoms with Crippen LogP contribution in [-0.4, -0.2) is 82.5 Å². The van der Waals surface area contributed by atoms with Gasteiger partial charge in [0.25, 0.3) is 0 Å². The molecule has 0 amide bonds. The van der Waals surface area contributed by atoms with Crippen molar-refractivity contribution in [2.24, 2.45) is 5.92 Å². The number of methoxy groups -OCH3 is 1. The van der Waals surface area contributed by atoms with Crippen molar-refractivity contribution in [3.63, 3.8) is 0 Å². The van der Waals surface area contributed by atoms with E-state index in [4.69, 9.17) is 18.9 Å². The standard InChI is InChI=1S/C20H31NO3.C19H23NO2.2CH4/c1-3-16(2)17-6-8-18(9-7-17)20(22)5-4-12-23-13-14-24-19-10-11-21-15-19;1-11-4-6-13-14-10-12-5-7-15(21-3)17-16(12)19(13,18(11)22-17)8-9-20(14)2;;/h6-9,16,19,21H,3-5,10-15H2,1-2H3;4-5,7,13-14,18H,6,8-10H2,1-3H3;2*1H4/t;13?,14-,18+,19+;;/m.1../s1. The van der Waals surface area contributed by atoms with Gasteiger partial charge in [0.15, 0.2) is 17.3 Å². The first-order valence-electron chi connectivity index (χ1n) is 17.6. The van der Waals surface area contributed by atoms with Gasteiger partial charge in [-0.1, -0.05) is 65.1 Å². The second-order valence-electron chi connectivity index (χ2n) is 14.0. The molecular weight excluding hydrogens is 600 g/mol. The summed E-state index contributed by atoms with van der Waals surface area (Å²) in [6.45, 7) is 11.7. The predicted octanol–water partition coefficient (Wildman–Crippen LogP) is 7.75. The number of allylic oxidation sites excluding steroid dienone is 1. The van der Waals surface area contributed by atoms with Gasteiger partial charge in [-0.3, -0.25) is 4.79 Å². The highest BCUT2D eigenvalue weighted by Gasteiger charge is 2.63. The Hall–Kier alpha value is -2.71. The average molecular weight is 663 g/mol. The van der Waals surface area contributed by atoms with Crippen LogP contribution in [0.4, 0.5) is 0 Å². The Bertz CT molecular complexity index is 1380. The fourth-order valence-corrected chi connectivity index (χ4v) is 8.58. The molecule has 7 heteroatoms. The lowest BCUT2D eigenvalue weighted by Crippen LogP contribution is -2.63. The van der Waals surface area contributed by atoms with Gasteiger partial charge in [0, 0.05) is 42.2 Å². The van der Waals surface area contributed by atoms with E-state index in [1.807, 2.05) is 12.1 Å². The Kier molecular flexibility index (Phi) is 13.3. The molecule has 0 radical (unpaired) electrons. The van der Waals surface area contributed by atoms with Crippen LogP contribution in [0.5, 0.6) is 11.5 Å². The van der Waals surface area contributed by atoms with Gasteiger partial charge in [-0.15, -0.1) is 0 Å². The summed E-state index contributed by atoms with van der Waals surface area (Å²) in [4.78, 5) is 14.7.